The Morgan fingerprint density at radius 2 is 0.512 bits per heavy atom. The summed E-state index contributed by atoms with van der Waals surface area (Å²) in [7, 11) is 11.0. The molecule has 0 spiro atoms. The Bertz CT molecular complexity index is 1780. The van der Waals surface area contributed by atoms with E-state index in [1.54, 1.807) is 0 Å². The van der Waals surface area contributed by atoms with Crippen molar-refractivity contribution in [2.75, 3.05) is 0 Å². The second-order valence-corrected chi connectivity index (χ2v) is 13.7. The van der Waals surface area contributed by atoms with Gasteiger partial charge in [-0.1, -0.05) is 127 Å². The lowest BCUT2D eigenvalue weighted by Gasteiger charge is -2.10. The fraction of sp³-hybridized carbons (Fsp3) is 0.0769. The Morgan fingerprint density at radius 1 is 0.279 bits per heavy atom. The second kappa shape index (κ2) is 14.2. The molecule has 0 aliphatic heterocycles. The monoisotopic (exact) mass is 630 g/mol. The first-order valence-electron chi connectivity index (χ1n) is 14.3. The topological polar surface area (TPSA) is 0 Å². The van der Waals surface area contributed by atoms with Crippen LogP contribution in [0.2, 0.25) is 0 Å². The number of hydrogen-bond donors (Lipinski definition) is 0. The van der Waals surface area contributed by atoms with Gasteiger partial charge in [0, 0.05) is 0 Å². The molecule has 0 aliphatic rings. The molecule has 4 atom stereocenters. The SMILES string of the molecule is Cc1cc(P)ccc1-c1ccc(-c2ccc(P)cc2)cc1.Cc1cc(P)ccc1-c1ccc(-c2ccc(P)cc2C)cc1. The molecule has 0 radical (unpaired) electrons. The van der Waals surface area contributed by atoms with Crippen LogP contribution in [0.5, 0.6) is 0 Å². The van der Waals surface area contributed by atoms with Crippen molar-refractivity contribution in [3.05, 3.63) is 144 Å². The zero-order chi connectivity index (χ0) is 30.5. The van der Waals surface area contributed by atoms with Crippen molar-refractivity contribution in [3.8, 4) is 44.5 Å². The average molecular weight is 631 g/mol. The quantitative estimate of drug-likeness (QED) is 0.171. The third-order valence-electron chi connectivity index (χ3n) is 7.70. The van der Waals surface area contributed by atoms with Crippen molar-refractivity contribution in [1.29, 1.82) is 0 Å². The summed E-state index contributed by atoms with van der Waals surface area (Å²) in [5, 5.41) is 4.89. The minimum Gasteiger partial charge on any atom is -0.106 e. The Hall–Kier alpha value is -2.96. The minimum absolute atomic E-state index is 1.21. The summed E-state index contributed by atoms with van der Waals surface area (Å²) in [5.41, 5.74) is 14.1. The highest BCUT2D eigenvalue weighted by Crippen LogP contribution is 2.29. The van der Waals surface area contributed by atoms with Crippen LogP contribution in [0.25, 0.3) is 44.5 Å². The average Bonchev–Trinajstić information content (AvgIpc) is 2.98. The molecule has 4 unspecified atom stereocenters. The van der Waals surface area contributed by atoms with E-state index in [9.17, 15) is 0 Å². The largest absolute Gasteiger partial charge is 0.106 e. The maximum atomic E-state index is 2.75. The third kappa shape index (κ3) is 7.96. The van der Waals surface area contributed by atoms with Crippen LogP contribution < -0.4 is 21.2 Å². The Morgan fingerprint density at radius 3 is 0.791 bits per heavy atom. The molecule has 6 rings (SSSR count). The predicted octanol–water partition coefficient (Wildman–Crippen LogP) is 8.97. The second-order valence-electron chi connectivity index (χ2n) is 11.0. The molecule has 6 aromatic rings. The lowest BCUT2D eigenvalue weighted by Crippen LogP contribution is -1.94. The first-order chi connectivity index (χ1) is 20.7. The van der Waals surface area contributed by atoms with Gasteiger partial charge in [0.25, 0.3) is 0 Å². The highest BCUT2D eigenvalue weighted by atomic mass is 31.0. The summed E-state index contributed by atoms with van der Waals surface area (Å²) in [6.07, 6.45) is 0. The van der Waals surface area contributed by atoms with Gasteiger partial charge in [-0.3, -0.25) is 0 Å². The Kier molecular flexibility index (Phi) is 10.4. The standard InChI is InChI=1S/C20H20P2.C19H18P2/c1-13-11-17(21)7-9-19(13)15-3-5-16(6-4-15)20-10-8-18(22)12-14(20)2;1-13-12-18(21)10-11-19(13)16-4-2-14(3-5-16)15-6-8-17(20)9-7-15/h3-12H,21-22H2,1-2H3;2-12H,20-21H2,1H3. The predicted molar refractivity (Wildman–Crippen MR) is 206 cm³/mol. The van der Waals surface area contributed by atoms with Crippen molar-refractivity contribution in [2.24, 2.45) is 0 Å². The Labute approximate surface area is 266 Å². The van der Waals surface area contributed by atoms with Gasteiger partial charge in [0.05, 0.1) is 0 Å². The van der Waals surface area contributed by atoms with Crippen LogP contribution in [0, 0.1) is 20.8 Å². The lowest BCUT2D eigenvalue weighted by atomic mass is 9.96. The lowest BCUT2D eigenvalue weighted by molar-refractivity contribution is 1.46. The molecule has 0 fully saturated rings. The van der Waals surface area contributed by atoms with Crippen molar-refractivity contribution in [3.63, 3.8) is 0 Å². The first-order valence-corrected chi connectivity index (χ1v) is 16.6. The molecule has 0 aliphatic carbocycles. The maximum Gasteiger partial charge on any atom is -0.0154 e. The van der Waals surface area contributed by atoms with E-state index >= 15 is 0 Å². The van der Waals surface area contributed by atoms with Crippen LogP contribution in [0.15, 0.2) is 127 Å². The summed E-state index contributed by atoms with van der Waals surface area (Å²) in [5.74, 6) is 0. The number of aryl methyl sites for hydroxylation is 3. The van der Waals surface area contributed by atoms with Crippen LogP contribution >= 0.6 is 37.0 Å². The Balaban J connectivity index is 0.000000171. The van der Waals surface area contributed by atoms with E-state index in [2.05, 4.69) is 185 Å². The molecule has 6 aromatic carbocycles. The highest BCUT2D eigenvalue weighted by Gasteiger charge is 2.06. The molecule has 0 nitrogen and oxygen atoms in total. The maximum absolute atomic E-state index is 2.75. The molecule has 0 bridgehead atoms. The molecule has 0 saturated carbocycles. The molecule has 4 heteroatoms. The van der Waals surface area contributed by atoms with Gasteiger partial charge in [-0.25, -0.2) is 0 Å². The van der Waals surface area contributed by atoms with Crippen molar-refractivity contribution in [1.82, 2.24) is 0 Å². The van der Waals surface area contributed by atoms with Gasteiger partial charge in [0.2, 0.25) is 0 Å². The van der Waals surface area contributed by atoms with E-state index in [0.29, 0.717) is 0 Å². The van der Waals surface area contributed by atoms with E-state index in [0.717, 1.165) is 0 Å². The van der Waals surface area contributed by atoms with E-state index in [1.165, 1.54) is 82.4 Å². The van der Waals surface area contributed by atoms with E-state index < -0.39 is 0 Å². The summed E-state index contributed by atoms with van der Waals surface area (Å²) < 4.78 is 0. The fourth-order valence-electron chi connectivity index (χ4n) is 5.38. The van der Waals surface area contributed by atoms with Gasteiger partial charge in [-0.2, -0.15) is 0 Å². The molecular formula is C39H38P4. The number of hydrogen-bond acceptors (Lipinski definition) is 0. The van der Waals surface area contributed by atoms with Gasteiger partial charge >= 0.3 is 0 Å². The molecule has 43 heavy (non-hydrogen) atoms. The van der Waals surface area contributed by atoms with Crippen LogP contribution in [0.3, 0.4) is 0 Å². The van der Waals surface area contributed by atoms with Crippen LogP contribution in [0.4, 0.5) is 0 Å². The summed E-state index contributed by atoms with van der Waals surface area (Å²) in [6, 6.07) is 45.8. The molecule has 0 amide bonds. The molecular weight excluding hydrogens is 592 g/mol. The van der Waals surface area contributed by atoms with Gasteiger partial charge in [0.1, 0.15) is 0 Å². The van der Waals surface area contributed by atoms with Gasteiger partial charge in [-0.05, 0) is 103 Å². The van der Waals surface area contributed by atoms with Crippen molar-refractivity contribution < 1.29 is 0 Å². The van der Waals surface area contributed by atoms with Gasteiger partial charge in [-0.15, -0.1) is 37.0 Å². The summed E-state index contributed by atoms with van der Waals surface area (Å²) in [6.45, 7) is 6.49. The number of rotatable bonds is 4. The molecule has 0 aromatic heterocycles. The highest BCUT2D eigenvalue weighted by molar-refractivity contribution is 7.28. The zero-order valence-electron chi connectivity index (χ0n) is 24.9. The molecule has 0 heterocycles. The van der Waals surface area contributed by atoms with E-state index in [1.807, 2.05) is 0 Å². The normalized spacial score (nSPS) is 10.7. The van der Waals surface area contributed by atoms with E-state index in [4.69, 9.17) is 0 Å². The minimum atomic E-state index is 1.21. The molecule has 214 valence electrons. The van der Waals surface area contributed by atoms with Crippen LogP contribution in [-0.4, -0.2) is 0 Å². The first kappa shape index (κ1) is 31.5. The smallest absolute Gasteiger partial charge is 0.0154 e. The van der Waals surface area contributed by atoms with E-state index in [-0.39, 0.29) is 0 Å². The summed E-state index contributed by atoms with van der Waals surface area (Å²) >= 11 is 0. The van der Waals surface area contributed by atoms with Gasteiger partial charge in [0.15, 0.2) is 0 Å². The van der Waals surface area contributed by atoms with Crippen LogP contribution in [-0.2, 0) is 0 Å². The number of benzene rings is 6. The summed E-state index contributed by atoms with van der Waals surface area (Å²) in [4.78, 5) is 0. The van der Waals surface area contributed by atoms with Crippen molar-refractivity contribution >= 4 is 58.2 Å². The zero-order valence-corrected chi connectivity index (χ0v) is 29.6. The fourth-order valence-corrected chi connectivity index (χ4v) is 6.61. The van der Waals surface area contributed by atoms with Crippen LogP contribution in [0.1, 0.15) is 16.7 Å². The molecule has 0 saturated heterocycles. The third-order valence-corrected chi connectivity index (χ3v) is 9.16. The molecule has 0 N–H and O–H groups in total. The van der Waals surface area contributed by atoms with Crippen molar-refractivity contribution in [2.45, 2.75) is 20.8 Å². The van der Waals surface area contributed by atoms with Gasteiger partial charge < -0.3 is 0 Å².